The molecule has 0 spiro atoms. The van der Waals surface area contributed by atoms with Gasteiger partial charge < -0.3 is 74.9 Å². The molecular formula is C68H123N11O15. The Morgan fingerprint density at radius 1 is 0.500 bits per heavy atom. The number of aliphatic hydroxyl groups excluding tert-OH is 1. The number of allylic oxidation sites excluding steroid dienone is 2. The van der Waals surface area contributed by atoms with Crippen molar-refractivity contribution in [1.29, 1.82) is 0 Å². The van der Waals surface area contributed by atoms with Gasteiger partial charge in [-0.25, -0.2) is 0 Å². The normalized spacial score (nSPS) is 25.8. The molecule has 5 N–H and O–H groups in total. The molecule has 540 valence electrons. The van der Waals surface area contributed by atoms with E-state index in [0.717, 1.165) is 14.7 Å². The Morgan fingerprint density at radius 3 is 1.45 bits per heavy atom. The van der Waals surface area contributed by atoms with E-state index in [0.29, 0.717) is 32.5 Å². The van der Waals surface area contributed by atoms with E-state index < -0.39 is 168 Å². The van der Waals surface area contributed by atoms with Gasteiger partial charge in [-0.15, -0.1) is 0 Å². The van der Waals surface area contributed by atoms with E-state index in [9.17, 15) is 43.5 Å². The number of carbonyl (C=O) groups is 11. The number of carbonyl (C=O) groups excluding carboxylic acids is 11. The lowest BCUT2D eigenvalue weighted by atomic mass is 9.91. The molecule has 1 rings (SSSR count). The number of rotatable bonds is 23. The van der Waals surface area contributed by atoms with Crippen molar-refractivity contribution < 1.29 is 72.1 Å². The average molecular weight is 1330 g/mol. The molecule has 0 aliphatic carbocycles. The molecule has 26 heteroatoms. The van der Waals surface area contributed by atoms with E-state index >= 15 is 14.4 Å². The predicted octanol–water partition coefficient (Wildman–Crippen LogP) is 3.81. The summed E-state index contributed by atoms with van der Waals surface area (Å²) in [7, 11) is 9.79. The molecule has 0 radical (unpaired) electrons. The first kappa shape index (κ1) is 85.8. The van der Waals surface area contributed by atoms with E-state index in [2.05, 4.69) is 21.3 Å². The highest BCUT2D eigenvalue weighted by molar-refractivity contribution is 5.99. The maximum Gasteiger partial charge on any atom is 0.246 e. The van der Waals surface area contributed by atoms with Crippen LogP contribution in [0.25, 0.3) is 0 Å². The van der Waals surface area contributed by atoms with Gasteiger partial charge >= 0.3 is 0 Å². The van der Waals surface area contributed by atoms with E-state index in [4.69, 9.17) is 14.2 Å². The number of hydrogen-bond donors (Lipinski definition) is 5. The molecular weight excluding hydrogens is 1210 g/mol. The van der Waals surface area contributed by atoms with Crippen molar-refractivity contribution in [2.45, 2.75) is 248 Å². The molecule has 1 aliphatic heterocycles. The van der Waals surface area contributed by atoms with Gasteiger partial charge in [-0.05, 0) is 116 Å². The second-order valence-corrected chi connectivity index (χ2v) is 27.5. The van der Waals surface area contributed by atoms with Crippen LogP contribution in [0.5, 0.6) is 0 Å². The number of aliphatic hydroxyl groups is 1. The molecule has 0 unspecified atom stereocenters. The highest BCUT2D eigenvalue weighted by Gasteiger charge is 2.46. The molecule has 0 aromatic rings. The zero-order valence-electron chi connectivity index (χ0n) is 61.7. The standard InChI is InChI=1S/C68H123N11O15/c1-26-30-32-44(15)58(81)57-62(85)71-48(27-2)64(87)73(19)38-52(80)77(23)56(47(18)94-34-31-33-53(92-28-3)93-29-4)61(84)72-54(42(11)12)67(90)74(20)49(35-39(5)6)60(83)69-45(16)59(82)70-46(17)63(86)75(21)50(36-40(7)8)65(88)76(22)51(37-41(9)10)66(89)78(24)55(43(13)14)68(91)79(57)25/h26,30,39-51,53-58,81H,27-29,31-38H2,1-25H3,(H,69,83)(H,70,82)(H,71,85)(H,72,84)/t44-,45+,46-,47-,48+,49+,50+,51+,54+,55+,56+,57+,58-/m1/s1. The average Bonchev–Trinajstić information content (AvgIpc) is 0.825. The van der Waals surface area contributed by atoms with Crippen LogP contribution in [-0.4, -0.2) is 259 Å². The second kappa shape index (κ2) is 41.0. The topological polar surface area (TPSA) is 306 Å². The highest BCUT2D eigenvalue weighted by Crippen LogP contribution is 2.26. The van der Waals surface area contributed by atoms with Crippen LogP contribution < -0.4 is 21.3 Å². The summed E-state index contributed by atoms with van der Waals surface area (Å²) < 4.78 is 17.7. The lowest BCUT2D eigenvalue weighted by Gasteiger charge is -2.41. The smallest absolute Gasteiger partial charge is 0.246 e. The summed E-state index contributed by atoms with van der Waals surface area (Å²) in [6.07, 6.45) is 2.06. The first-order chi connectivity index (χ1) is 43.7. The summed E-state index contributed by atoms with van der Waals surface area (Å²) in [6.45, 7) is 31.6. The molecule has 1 saturated heterocycles. The molecule has 1 heterocycles. The molecule has 1 aliphatic rings. The Labute approximate surface area is 562 Å². The van der Waals surface area contributed by atoms with Gasteiger partial charge in [0, 0.05) is 75.6 Å². The quantitative estimate of drug-likeness (QED) is 0.0552. The monoisotopic (exact) mass is 1330 g/mol. The largest absolute Gasteiger partial charge is 0.390 e. The minimum Gasteiger partial charge on any atom is -0.390 e. The Kier molecular flexibility index (Phi) is 37.4. The van der Waals surface area contributed by atoms with Crippen LogP contribution >= 0.6 is 0 Å². The van der Waals surface area contributed by atoms with Crippen molar-refractivity contribution in [2.24, 2.45) is 35.5 Å². The number of hydrogen-bond acceptors (Lipinski definition) is 15. The third-order valence-electron chi connectivity index (χ3n) is 17.4. The Bertz CT molecular complexity index is 2510. The van der Waals surface area contributed by atoms with Crippen molar-refractivity contribution in [2.75, 3.05) is 75.7 Å². The summed E-state index contributed by atoms with van der Waals surface area (Å²) >= 11 is 0. The lowest BCUT2D eigenvalue weighted by molar-refractivity contribution is -0.157. The first-order valence-electron chi connectivity index (χ1n) is 33.9. The van der Waals surface area contributed by atoms with Crippen LogP contribution in [0.3, 0.4) is 0 Å². The van der Waals surface area contributed by atoms with Gasteiger partial charge in [0.25, 0.3) is 0 Å². The third-order valence-corrected chi connectivity index (χ3v) is 17.4. The molecule has 11 amide bonds. The number of ether oxygens (including phenoxy) is 3. The van der Waals surface area contributed by atoms with E-state index in [1.807, 2.05) is 55.4 Å². The molecule has 26 nitrogen and oxygen atoms in total. The van der Waals surface area contributed by atoms with Crippen molar-refractivity contribution in [3.05, 3.63) is 12.2 Å². The molecule has 1 fully saturated rings. The van der Waals surface area contributed by atoms with Gasteiger partial charge in [0.1, 0.15) is 60.4 Å². The van der Waals surface area contributed by atoms with E-state index in [-0.39, 0.29) is 50.0 Å². The molecule has 0 aromatic carbocycles. The SMILES string of the molecule is CC=CC[C@@H](C)[C@@H](O)[C@H]1C(=O)N[C@@H](CC)C(=O)N(C)CC(=O)N(C)[C@@H]([C@@H](C)OCCCC(OCC)OCC)C(=O)N[C@@H](C(C)C)C(=O)N(C)[C@@H](CC(C)C)C(=O)N[C@@H](C)C(=O)N[C@H](C)C(=O)N(C)[C@@H](CC(C)C)C(=O)N(C)[C@@H](CC(C)C)C(=O)N(C)[C@@H](C(C)C)C(=O)N1C. The second-order valence-electron chi connectivity index (χ2n) is 27.5. The molecule has 0 aromatic heterocycles. The number of likely N-dealkylation sites (N-methyl/N-ethyl adjacent to an activating group) is 7. The fourth-order valence-electron chi connectivity index (χ4n) is 11.7. The van der Waals surface area contributed by atoms with Gasteiger partial charge in [-0.3, -0.25) is 52.7 Å². The Balaban J connectivity index is 4.40. The maximum absolute atomic E-state index is 15.2. The van der Waals surface area contributed by atoms with Crippen LogP contribution in [0.1, 0.15) is 170 Å². The van der Waals surface area contributed by atoms with Crippen LogP contribution in [0.4, 0.5) is 0 Å². The Morgan fingerprint density at radius 2 is 0.968 bits per heavy atom. The van der Waals surface area contributed by atoms with Gasteiger partial charge in [-0.1, -0.05) is 95.2 Å². The molecule has 94 heavy (non-hydrogen) atoms. The van der Waals surface area contributed by atoms with Crippen molar-refractivity contribution in [3.63, 3.8) is 0 Å². The lowest BCUT2D eigenvalue weighted by Crippen LogP contribution is -2.63. The van der Waals surface area contributed by atoms with Crippen LogP contribution in [0.15, 0.2) is 12.2 Å². The third kappa shape index (κ3) is 25.1. The van der Waals surface area contributed by atoms with Crippen LogP contribution in [-0.2, 0) is 67.0 Å². The van der Waals surface area contributed by atoms with E-state index in [1.165, 1.54) is 82.8 Å². The fourth-order valence-corrected chi connectivity index (χ4v) is 11.7. The molecule has 0 bridgehead atoms. The predicted molar refractivity (Wildman–Crippen MR) is 361 cm³/mol. The number of amides is 11. The number of nitrogens with one attached hydrogen (secondary N) is 4. The van der Waals surface area contributed by atoms with Crippen molar-refractivity contribution in [3.8, 4) is 0 Å². The summed E-state index contributed by atoms with van der Waals surface area (Å²) in [5.41, 5.74) is 0. The summed E-state index contributed by atoms with van der Waals surface area (Å²) in [5.74, 6) is -10.2. The minimum atomic E-state index is -1.64. The van der Waals surface area contributed by atoms with Gasteiger partial charge in [0.05, 0.1) is 18.8 Å². The molecule has 0 saturated carbocycles. The van der Waals surface area contributed by atoms with Gasteiger partial charge in [0.2, 0.25) is 65.0 Å². The molecule has 13 atom stereocenters. The summed E-state index contributed by atoms with van der Waals surface area (Å²) in [4.78, 5) is 171. The summed E-state index contributed by atoms with van der Waals surface area (Å²) in [5, 5.41) is 23.2. The van der Waals surface area contributed by atoms with Crippen LogP contribution in [0.2, 0.25) is 0 Å². The van der Waals surface area contributed by atoms with Crippen molar-refractivity contribution in [1.82, 2.24) is 55.6 Å². The summed E-state index contributed by atoms with van der Waals surface area (Å²) in [6, 6.07) is -13.0. The zero-order chi connectivity index (χ0) is 72.5. The van der Waals surface area contributed by atoms with Crippen molar-refractivity contribution >= 4 is 65.0 Å². The number of nitrogens with zero attached hydrogens (tertiary/aromatic N) is 7. The van der Waals surface area contributed by atoms with Gasteiger partial charge in [-0.2, -0.15) is 0 Å². The minimum absolute atomic E-state index is 0.0139. The van der Waals surface area contributed by atoms with Crippen LogP contribution in [0, 0.1) is 35.5 Å². The Hall–Kier alpha value is -6.25. The van der Waals surface area contributed by atoms with Gasteiger partial charge in [0.15, 0.2) is 6.29 Å². The maximum atomic E-state index is 15.2. The highest BCUT2D eigenvalue weighted by atomic mass is 16.7. The first-order valence-corrected chi connectivity index (χ1v) is 33.9. The fraction of sp³-hybridized carbons (Fsp3) is 0.809. The zero-order valence-corrected chi connectivity index (χ0v) is 61.7. The van der Waals surface area contributed by atoms with E-state index in [1.54, 1.807) is 67.5 Å².